The first-order valence-electron chi connectivity index (χ1n) is 5.44. The van der Waals surface area contributed by atoms with E-state index in [1.165, 1.54) is 25.7 Å². The van der Waals surface area contributed by atoms with Gasteiger partial charge in [0, 0.05) is 0 Å². The van der Waals surface area contributed by atoms with Crippen molar-refractivity contribution in [2.75, 3.05) is 0 Å². The molecular weight excluding hydrogens is 164 g/mol. The topological polar surface area (TPSA) is 29.6 Å². The van der Waals surface area contributed by atoms with Gasteiger partial charge < -0.3 is 9.53 Å². The number of hydrogen-bond donors (Lipinski definition) is 0. The van der Waals surface area contributed by atoms with E-state index < -0.39 is 0 Å². The van der Waals surface area contributed by atoms with Gasteiger partial charge in [0.05, 0.1) is 0 Å². The minimum atomic E-state index is -0.0601. The average molecular weight is 182 g/mol. The summed E-state index contributed by atoms with van der Waals surface area (Å²) in [7, 11) is 0. The molecule has 1 aliphatic carbocycles. The summed E-state index contributed by atoms with van der Waals surface area (Å²) in [6.07, 6.45) is 8.30. The maximum Gasteiger partial charge on any atom is 0.151 e. The van der Waals surface area contributed by atoms with Crippen LogP contribution < -0.4 is 0 Å². The van der Waals surface area contributed by atoms with Gasteiger partial charge in [-0.05, 0) is 31.6 Å². The van der Waals surface area contributed by atoms with Gasteiger partial charge in [-0.3, -0.25) is 0 Å². The Bertz CT molecular complexity index is 192. The second kappa shape index (κ2) is 3.41. The molecule has 2 fully saturated rings. The molecule has 2 heteroatoms. The Balaban J connectivity index is 1.80. The van der Waals surface area contributed by atoms with Crippen LogP contribution in [0.3, 0.4) is 0 Å². The van der Waals surface area contributed by atoms with Crippen LogP contribution in [0.5, 0.6) is 0 Å². The largest absolute Gasteiger partial charge is 0.358 e. The van der Waals surface area contributed by atoms with Gasteiger partial charge in [0.1, 0.15) is 11.7 Å². The summed E-state index contributed by atoms with van der Waals surface area (Å²) in [6, 6.07) is 0. The summed E-state index contributed by atoms with van der Waals surface area (Å²) < 4.78 is 5.45. The molecule has 0 aromatic heterocycles. The number of carbonyl (C=O) groups excluding carboxylic acids is 1. The van der Waals surface area contributed by atoms with Gasteiger partial charge >= 0.3 is 0 Å². The molecule has 1 atom stereocenters. The fourth-order valence-corrected chi connectivity index (χ4v) is 2.64. The van der Waals surface area contributed by atoms with Crippen LogP contribution in [0, 0.1) is 5.92 Å². The quantitative estimate of drug-likeness (QED) is 0.495. The van der Waals surface area contributed by atoms with Crippen LogP contribution in [0.25, 0.3) is 0 Å². The monoisotopic (exact) mass is 182 g/mol. The van der Waals surface area contributed by atoms with E-state index in [2.05, 4.69) is 6.92 Å². The Labute approximate surface area is 79.7 Å². The molecule has 74 valence electrons. The molecule has 0 amide bonds. The zero-order valence-corrected chi connectivity index (χ0v) is 8.29. The highest BCUT2D eigenvalue weighted by atomic mass is 16.6. The first kappa shape index (κ1) is 9.20. The van der Waals surface area contributed by atoms with Crippen molar-refractivity contribution in [1.82, 2.24) is 0 Å². The van der Waals surface area contributed by atoms with Gasteiger partial charge in [0.15, 0.2) is 6.29 Å². The first-order valence-corrected chi connectivity index (χ1v) is 5.44. The van der Waals surface area contributed by atoms with E-state index in [-0.39, 0.29) is 11.7 Å². The molecule has 1 spiro atoms. The lowest BCUT2D eigenvalue weighted by Crippen LogP contribution is -2.24. The third kappa shape index (κ3) is 1.64. The van der Waals surface area contributed by atoms with E-state index in [0.717, 1.165) is 25.0 Å². The van der Waals surface area contributed by atoms with E-state index in [9.17, 15) is 4.79 Å². The normalized spacial score (nSPS) is 43.5. The molecule has 2 rings (SSSR count). The van der Waals surface area contributed by atoms with E-state index in [1.54, 1.807) is 0 Å². The molecule has 0 unspecified atom stereocenters. The Kier molecular flexibility index (Phi) is 2.41. The number of carbonyl (C=O) groups is 1. The number of rotatable bonds is 3. The summed E-state index contributed by atoms with van der Waals surface area (Å²) in [5.74, 6) is 0.895. The minimum absolute atomic E-state index is 0.00594. The smallest absolute Gasteiger partial charge is 0.151 e. The van der Waals surface area contributed by atoms with Crippen molar-refractivity contribution in [3.63, 3.8) is 0 Å². The minimum Gasteiger partial charge on any atom is -0.358 e. The second-order valence-corrected chi connectivity index (χ2v) is 4.47. The van der Waals surface area contributed by atoms with Crippen molar-refractivity contribution in [2.24, 2.45) is 5.92 Å². The second-order valence-electron chi connectivity index (χ2n) is 4.47. The van der Waals surface area contributed by atoms with E-state index >= 15 is 0 Å². The van der Waals surface area contributed by atoms with Gasteiger partial charge in [-0.2, -0.15) is 0 Å². The summed E-state index contributed by atoms with van der Waals surface area (Å²) in [4.78, 5) is 10.5. The Morgan fingerprint density at radius 1 is 1.46 bits per heavy atom. The highest BCUT2D eigenvalue weighted by molar-refractivity contribution is 5.62. The maximum atomic E-state index is 10.5. The summed E-state index contributed by atoms with van der Waals surface area (Å²) in [5.41, 5.74) is 0.00594. The zero-order valence-electron chi connectivity index (χ0n) is 8.29. The van der Waals surface area contributed by atoms with Crippen molar-refractivity contribution < 1.29 is 9.53 Å². The third-order valence-electron chi connectivity index (χ3n) is 3.60. The molecule has 0 radical (unpaired) electrons. The van der Waals surface area contributed by atoms with Gasteiger partial charge in [0.25, 0.3) is 0 Å². The predicted molar refractivity (Wildman–Crippen MR) is 50.5 cm³/mol. The van der Waals surface area contributed by atoms with Crippen molar-refractivity contribution in [3.05, 3.63) is 0 Å². The average Bonchev–Trinajstić information content (AvgIpc) is 2.84. The molecule has 1 saturated carbocycles. The van der Waals surface area contributed by atoms with E-state index in [0.29, 0.717) is 0 Å². The fourth-order valence-electron chi connectivity index (χ4n) is 2.64. The molecule has 1 heterocycles. The molecule has 2 nitrogen and oxygen atoms in total. The Hall–Kier alpha value is -0.370. The van der Waals surface area contributed by atoms with Crippen LogP contribution in [0.1, 0.15) is 45.4 Å². The Morgan fingerprint density at radius 3 is 2.62 bits per heavy atom. The molecule has 13 heavy (non-hydrogen) atoms. The van der Waals surface area contributed by atoms with Crippen molar-refractivity contribution in [2.45, 2.75) is 57.2 Å². The van der Waals surface area contributed by atoms with Crippen LogP contribution in [-0.4, -0.2) is 18.0 Å². The molecule has 1 aliphatic heterocycles. The summed E-state index contributed by atoms with van der Waals surface area (Å²) >= 11 is 0. The first-order chi connectivity index (χ1) is 6.30. The molecule has 0 bridgehead atoms. The lowest BCUT2D eigenvalue weighted by molar-refractivity contribution is -0.108. The van der Waals surface area contributed by atoms with E-state index in [1.807, 2.05) is 0 Å². The third-order valence-corrected chi connectivity index (χ3v) is 3.60. The van der Waals surface area contributed by atoms with Crippen LogP contribution in [0.4, 0.5) is 0 Å². The van der Waals surface area contributed by atoms with Gasteiger partial charge in [-0.25, -0.2) is 0 Å². The van der Waals surface area contributed by atoms with E-state index in [4.69, 9.17) is 4.74 Å². The van der Waals surface area contributed by atoms with Crippen molar-refractivity contribution in [3.8, 4) is 0 Å². The Morgan fingerprint density at radius 2 is 2.15 bits per heavy atom. The van der Waals surface area contributed by atoms with Crippen LogP contribution in [0.2, 0.25) is 0 Å². The zero-order chi connectivity index (χ0) is 9.31. The molecule has 2 aliphatic rings. The predicted octanol–water partition coefficient (Wildman–Crippen LogP) is 2.31. The number of aldehydes is 1. The highest BCUT2D eigenvalue weighted by Crippen LogP contribution is 2.49. The number of hydrogen-bond acceptors (Lipinski definition) is 2. The highest BCUT2D eigenvalue weighted by Gasteiger charge is 2.57. The summed E-state index contributed by atoms with van der Waals surface area (Å²) in [6.45, 7) is 2.24. The molecular formula is C11H18O2. The lowest BCUT2D eigenvalue weighted by atomic mass is 9.78. The number of epoxide rings is 1. The molecule has 0 N–H and O–H groups in total. The van der Waals surface area contributed by atoms with Crippen LogP contribution in [-0.2, 0) is 9.53 Å². The standard InChI is InChI=1S/C11H18O2/c1-2-3-9-4-6-11(7-5-9)10(8-12)13-11/h8-10H,2-7H2,1H3/t9?,10-,11?/m1/s1. The SMILES string of the molecule is CCCC1CCC2(CC1)O[C@@H]2C=O. The van der Waals surface area contributed by atoms with Gasteiger partial charge in [-0.1, -0.05) is 19.8 Å². The van der Waals surface area contributed by atoms with Crippen LogP contribution in [0.15, 0.2) is 0 Å². The molecule has 1 saturated heterocycles. The molecule has 0 aromatic carbocycles. The van der Waals surface area contributed by atoms with Gasteiger partial charge in [0.2, 0.25) is 0 Å². The van der Waals surface area contributed by atoms with Gasteiger partial charge in [-0.15, -0.1) is 0 Å². The number of ether oxygens (including phenoxy) is 1. The van der Waals surface area contributed by atoms with Crippen molar-refractivity contribution in [1.29, 1.82) is 0 Å². The maximum absolute atomic E-state index is 10.5. The lowest BCUT2D eigenvalue weighted by Gasteiger charge is -2.26. The van der Waals surface area contributed by atoms with Crippen LogP contribution >= 0.6 is 0 Å². The fraction of sp³-hybridized carbons (Fsp3) is 0.909. The summed E-state index contributed by atoms with van der Waals surface area (Å²) in [5, 5.41) is 0. The van der Waals surface area contributed by atoms with Crippen molar-refractivity contribution >= 4 is 6.29 Å². The molecule has 0 aromatic rings.